The Hall–Kier alpha value is -2.62. The maximum Gasteiger partial charge on any atom is 0.329 e. The van der Waals surface area contributed by atoms with Crippen LogP contribution in [0.1, 0.15) is 46.0 Å². The number of amidine groups is 1. The van der Waals surface area contributed by atoms with Gasteiger partial charge in [0.1, 0.15) is 11.4 Å². The van der Waals surface area contributed by atoms with E-state index in [4.69, 9.17) is 0 Å². The van der Waals surface area contributed by atoms with Crippen molar-refractivity contribution in [3.05, 3.63) is 11.8 Å². The molecule has 0 saturated carbocycles. The molecule has 3 amide bonds. The Morgan fingerprint density at radius 1 is 1.37 bits per heavy atom. The molecule has 0 bridgehead atoms. The Labute approximate surface area is 175 Å². The zero-order valence-electron chi connectivity index (χ0n) is 17.5. The van der Waals surface area contributed by atoms with Crippen LogP contribution in [-0.2, 0) is 9.59 Å². The fraction of sp³-hybridized carbons (Fsp3) is 0.700. The summed E-state index contributed by atoms with van der Waals surface area (Å²) in [5, 5.41) is 28.1. The van der Waals surface area contributed by atoms with Gasteiger partial charge in [-0.1, -0.05) is 13.0 Å². The van der Waals surface area contributed by atoms with Crippen molar-refractivity contribution in [1.82, 2.24) is 20.9 Å². The summed E-state index contributed by atoms with van der Waals surface area (Å²) >= 11 is 0. The second-order valence-electron chi connectivity index (χ2n) is 8.72. The average molecular weight is 421 g/mol. The van der Waals surface area contributed by atoms with Crippen LogP contribution in [-0.4, -0.2) is 76.7 Å². The third kappa shape index (κ3) is 4.75. The number of carbonyl (C=O) groups excluding carboxylic acids is 2. The molecule has 2 unspecified atom stereocenters. The van der Waals surface area contributed by atoms with Gasteiger partial charge in [0.15, 0.2) is 6.04 Å². The Morgan fingerprint density at radius 3 is 2.77 bits per heavy atom. The van der Waals surface area contributed by atoms with Crippen LogP contribution >= 0.6 is 0 Å². The quantitative estimate of drug-likeness (QED) is 0.371. The number of hydrogen-bond acceptors (Lipinski definition) is 6. The number of likely N-dealkylation sites (tertiary alicyclic amines) is 1. The largest absolute Gasteiger partial charge is 0.480 e. The van der Waals surface area contributed by atoms with Gasteiger partial charge in [0.25, 0.3) is 0 Å². The van der Waals surface area contributed by atoms with Gasteiger partial charge in [0.05, 0.1) is 13.1 Å². The van der Waals surface area contributed by atoms with Gasteiger partial charge in [-0.15, -0.1) is 0 Å². The Kier molecular flexibility index (Phi) is 6.35. The minimum atomic E-state index is -1.67. The summed E-state index contributed by atoms with van der Waals surface area (Å²) in [4.78, 5) is 40.7. The molecule has 0 aromatic carbocycles. The third-order valence-corrected chi connectivity index (χ3v) is 6.05. The van der Waals surface area contributed by atoms with E-state index in [-0.39, 0.29) is 24.5 Å². The number of amides is 3. The second kappa shape index (κ2) is 8.63. The lowest BCUT2D eigenvalue weighted by Gasteiger charge is -2.48. The van der Waals surface area contributed by atoms with Crippen LogP contribution in [0.5, 0.6) is 0 Å². The number of nitrogens with one attached hydrogen (secondary N) is 3. The van der Waals surface area contributed by atoms with Crippen molar-refractivity contribution < 1.29 is 24.6 Å². The summed E-state index contributed by atoms with van der Waals surface area (Å²) in [7, 11) is 0. The molecule has 0 spiro atoms. The molecule has 0 aliphatic carbocycles. The summed E-state index contributed by atoms with van der Waals surface area (Å²) < 4.78 is 0. The molecule has 3 aliphatic rings. The number of fused-ring (bicyclic) bond motifs is 1. The average Bonchev–Trinajstić information content (AvgIpc) is 2.66. The number of urea groups is 1. The van der Waals surface area contributed by atoms with Crippen LogP contribution < -0.4 is 16.0 Å². The molecule has 3 heterocycles. The van der Waals surface area contributed by atoms with E-state index < -0.39 is 23.5 Å². The SMILES string of the molecule is CC(=O)NC(C(=O)O)C1(O)CN(C(=O)NCCCC2=CCC3(C)CCCN=C3N2)C1. The first-order valence-electron chi connectivity index (χ1n) is 10.4. The number of rotatable bonds is 7. The Morgan fingerprint density at radius 2 is 2.10 bits per heavy atom. The van der Waals surface area contributed by atoms with Crippen LogP contribution in [0.4, 0.5) is 4.79 Å². The van der Waals surface area contributed by atoms with Crippen LogP contribution in [0.15, 0.2) is 16.8 Å². The van der Waals surface area contributed by atoms with E-state index >= 15 is 0 Å². The number of β-amino-alcohol motifs (C(OH)–C–C–N with tert-alkyl or cyclic N) is 1. The number of carboxylic acids is 1. The van der Waals surface area contributed by atoms with E-state index in [1.165, 1.54) is 11.8 Å². The standard InChI is InChI=1S/C20H31N5O5/c1-13(26)23-15(16(27)28)20(30)11-25(12-20)18(29)22-9-3-5-14-6-8-19(2)7-4-10-21-17(19)24-14/h6,15,30H,3-5,7-12H2,1-2H3,(H,21,24)(H,22,29)(H,23,26)(H,27,28). The van der Waals surface area contributed by atoms with Gasteiger partial charge in [0, 0.05) is 31.1 Å². The summed E-state index contributed by atoms with van der Waals surface area (Å²) in [6.07, 6.45) is 7.01. The third-order valence-electron chi connectivity index (χ3n) is 6.05. The minimum Gasteiger partial charge on any atom is -0.480 e. The van der Waals surface area contributed by atoms with Crippen LogP contribution in [0.2, 0.25) is 0 Å². The highest BCUT2D eigenvalue weighted by Gasteiger charge is 2.53. The molecule has 1 fully saturated rings. The van der Waals surface area contributed by atoms with Crippen molar-refractivity contribution >= 4 is 23.7 Å². The zero-order valence-corrected chi connectivity index (χ0v) is 17.5. The van der Waals surface area contributed by atoms with E-state index in [0.717, 1.165) is 50.2 Å². The summed E-state index contributed by atoms with van der Waals surface area (Å²) in [6, 6.07) is -1.81. The Balaban J connectivity index is 1.39. The van der Waals surface area contributed by atoms with Gasteiger partial charge in [0.2, 0.25) is 5.91 Å². The molecule has 2 atom stereocenters. The van der Waals surface area contributed by atoms with Crippen molar-refractivity contribution in [2.75, 3.05) is 26.2 Å². The Bertz CT molecular complexity index is 774. The highest BCUT2D eigenvalue weighted by Crippen LogP contribution is 2.35. The zero-order chi connectivity index (χ0) is 21.9. The number of carbonyl (C=O) groups is 3. The van der Waals surface area contributed by atoms with Crippen molar-refractivity contribution in [2.24, 2.45) is 10.4 Å². The first-order chi connectivity index (χ1) is 14.1. The first-order valence-corrected chi connectivity index (χ1v) is 10.4. The van der Waals surface area contributed by atoms with E-state index in [1.54, 1.807) is 0 Å². The van der Waals surface area contributed by atoms with Crippen molar-refractivity contribution in [2.45, 2.75) is 57.6 Å². The number of hydrogen-bond donors (Lipinski definition) is 5. The lowest BCUT2D eigenvalue weighted by molar-refractivity contribution is -0.160. The summed E-state index contributed by atoms with van der Waals surface area (Å²) in [6.45, 7) is 4.45. The number of carboxylic acid groups (broad SMARTS) is 1. The topological polar surface area (TPSA) is 143 Å². The van der Waals surface area contributed by atoms with Gasteiger partial charge in [-0.05, 0) is 32.1 Å². The van der Waals surface area contributed by atoms with E-state index in [9.17, 15) is 24.6 Å². The van der Waals surface area contributed by atoms with Crippen LogP contribution in [0.3, 0.4) is 0 Å². The number of allylic oxidation sites excluding steroid dienone is 2. The molecule has 5 N–H and O–H groups in total. The summed E-state index contributed by atoms with van der Waals surface area (Å²) in [5.41, 5.74) is -0.422. The minimum absolute atomic E-state index is 0.120. The lowest BCUT2D eigenvalue weighted by Crippen LogP contribution is -2.74. The molecule has 3 aliphatic heterocycles. The predicted molar refractivity (Wildman–Crippen MR) is 110 cm³/mol. The number of aliphatic hydroxyl groups is 1. The first kappa shape index (κ1) is 22.1. The smallest absolute Gasteiger partial charge is 0.329 e. The van der Waals surface area contributed by atoms with Gasteiger partial charge in [-0.2, -0.15) is 0 Å². The monoisotopic (exact) mass is 421 g/mol. The van der Waals surface area contributed by atoms with Gasteiger partial charge >= 0.3 is 12.0 Å². The van der Waals surface area contributed by atoms with E-state index in [2.05, 4.69) is 33.9 Å². The fourth-order valence-electron chi connectivity index (χ4n) is 4.23. The van der Waals surface area contributed by atoms with E-state index in [0.29, 0.717) is 6.54 Å². The molecule has 30 heavy (non-hydrogen) atoms. The summed E-state index contributed by atoms with van der Waals surface area (Å²) in [5.74, 6) is -0.814. The molecular formula is C20H31N5O5. The lowest BCUT2D eigenvalue weighted by atomic mass is 9.77. The number of aliphatic carboxylic acids is 1. The molecule has 0 aromatic rings. The molecule has 3 rings (SSSR count). The van der Waals surface area contributed by atoms with Crippen LogP contribution in [0.25, 0.3) is 0 Å². The fourth-order valence-corrected chi connectivity index (χ4v) is 4.23. The highest BCUT2D eigenvalue weighted by molar-refractivity contribution is 5.91. The van der Waals surface area contributed by atoms with Gasteiger partial charge < -0.3 is 31.1 Å². The van der Waals surface area contributed by atoms with Crippen molar-refractivity contribution in [3.63, 3.8) is 0 Å². The molecule has 166 valence electrons. The maximum atomic E-state index is 12.2. The molecular weight excluding hydrogens is 390 g/mol. The second-order valence-corrected chi connectivity index (χ2v) is 8.72. The van der Waals surface area contributed by atoms with Gasteiger partial charge in [-0.25, -0.2) is 9.59 Å². The number of aliphatic imine (C=N–C) groups is 1. The van der Waals surface area contributed by atoms with Gasteiger partial charge in [-0.3, -0.25) is 9.79 Å². The highest BCUT2D eigenvalue weighted by atomic mass is 16.4. The molecule has 0 aromatic heterocycles. The van der Waals surface area contributed by atoms with E-state index in [1.807, 2.05) is 0 Å². The molecule has 10 heteroatoms. The molecule has 1 saturated heterocycles. The number of nitrogens with zero attached hydrogens (tertiary/aromatic N) is 2. The van der Waals surface area contributed by atoms with Crippen LogP contribution in [0, 0.1) is 5.41 Å². The van der Waals surface area contributed by atoms with Crippen molar-refractivity contribution in [3.8, 4) is 0 Å². The van der Waals surface area contributed by atoms with Crippen molar-refractivity contribution in [1.29, 1.82) is 0 Å². The predicted octanol–water partition coefficient (Wildman–Crippen LogP) is 0.188. The molecule has 10 nitrogen and oxygen atoms in total. The molecule has 0 radical (unpaired) electrons. The maximum absolute atomic E-state index is 12.2. The normalized spacial score (nSPS) is 25.5.